The highest BCUT2D eigenvalue weighted by molar-refractivity contribution is 5.88. The Hall–Kier alpha value is -1.36. The van der Waals surface area contributed by atoms with Crippen molar-refractivity contribution in [2.75, 3.05) is 0 Å². The van der Waals surface area contributed by atoms with Gasteiger partial charge in [0.15, 0.2) is 0 Å². The van der Waals surface area contributed by atoms with E-state index in [1.54, 1.807) is 0 Å². The molecule has 0 bridgehead atoms. The van der Waals surface area contributed by atoms with Crippen LogP contribution in [0.5, 0.6) is 0 Å². The number of aliphatic hydroxyl groups excluding tert-OH is 1. The maximum absolute atomic E-state index is 11.5. The minimum absolute atomic E-state index is 0.201. The van der Waals surface area contributed by atoms with E-state index in [4.69, 9.17) is 5.73 Å². The Labute approximate surface area is 95.7 Å². The van der Waals surface area contributed by atoms with E-state index < -0.39 is 24.0 Å². The molecule has 92 valence electrons. The van der Waals surface area contributed by atoms with Crippen LogP contribution in [0.1, 0.15) is 26.7 Å². The molecule has 5 nitrogen and oxygen atoms in total. The molecular formula is C11H20N2O3. The second-order valence-electron chi connectivity index (χ2n) is 4.13. The van der Waals surface area contributed by atoms with E-state index in [-0.39, 0.29) is 12.3 Å². The molecule has 5 heteroatoms. The van der Waals surface area contributed by atoms with Gasteiger partial charge in [0.2, 0.25) is 11.8 Å². The van der Waals surface area contributed by atoms with Crippen LogP contribution in [0, 0.1) is 5.92 Å². The fourth-order valence-electron chi connectivity index (χ4n) is 1.23. The standard InChI is InChI=1S/C11H20N2O3/c1-4-5-8(10(12)15)13-11(16)9(14)6-7(2)3/h4,7-9,14H,1,5-6H2,2-3H3,(H2,12,15)(H,13,16)/t8-,9-/m1/s1. The molecule has 0 aliphatic rings. The van der Waals surface area contributed by atoms with E-state index in [2.05, 4.69) is 11.9 Å². The second-order valence-corrected chi connectivity index (χ2v) is 4.13. The van der Waals surface area contributed by atoms with Crippen LogP contribution in [0.2, 0.25) is 0 Å². The van der Waals surface area contributed by atoms with Crippen LogP contribution in [-0.2, 0) is 9.59 Å². The predicted octanol–water partition coefficient (Wildman–Crippen LogP) is -0.0604. The van der Waals surface area contributed by atoms with E-state index >= 15 is 0 Å². The number of hydrogen-bond donors (Lipinski definition) is 3. The van der Waals surface area contributed by atoms with Crippen molar-refractivity contribution < 1.29 is 14.7 Å². The molecule has 2 atom stereocenters. The van der Waals surface area contributed by atoms with E-state index in [1.807, 2.05) is 13.8 Å². The Bertz CT molecular complexity index is 264. The van der Waals surface area contributed by atoms with Gasteiger partial charge in [-0.15, -0.1) is 6.58 Å². The summed E-state index contributed by atoms with van der Waals surface area (Å²) in [5.41, 5.74) is 5.09. The maximum atomic E-state index is 11.5. The van der Waals surface area contributed by atoms with Crippen molar-refractivity contribution in [2.45, 2.75) is 38.8 Å². The summed E-state index contributed by atoms with van der Waals surface area (Å²) < 4.78 is 0. The fraction of sp³-hybridized carbons (Fsp3) is 0.636. The Balaban J connectivity index is 4.28. The third kappa shape index (κ3) is 5.50. The van der Waals surface area contributed by atoms with Crippen molar-refractivity contribution in [3.8, 4) is 0 Å². The van der Waals surface area contributed by atoms with Gasteiger partial charge in [-0.05, 0) is 18.8 Å². The topological polar surface area (TPSA) is 92.4 Å². The summed E-state index contributed by atoms with van der Waals surface area (Å²) in [6.45, 7) is 7.25. The van der Waals surface area contributed by atoms with Crippen molar-refractivity contribution in [3.05, 3.63) is 12.7 Å². The summed E-state index contributed by atoms with van der Waals surface area (Å²) in [7, 11) is 0. The quantitative estimate of drug-likeness (QED) is 0.533. The smallest absolute Gasteiger partial charge is 0.249 e. The van der Waals surface area contributed by atoms with Crippen molar-refractivity contribution >= 4 is 11.8 Å². The lowest BCUT2D eigenvalue weighted by molar-refractivity contribution is -0.133. The zero-order chi connectivity index (χ0) is 12.7. The number of hydrogen-bond acceptors (Lipinski definition) is 3. The molecule has 2 amide bonds. The van der Waals surface area contributed by atoms with E-state index in [9.17, 15) is 14.7 Å². The highest BCUT2D eigenvalue weighted by Crippen LogP contribution is 2.05. The summed E-state index contributed by atoms with van der Waals surface area (Å²) >= 11 is 0. The molecule has 0 aliphatic carbocycles. The normalized spacial score (nSPS) is 14.2. The van der Waals surface area contributed by atoms with Gasteiger partial charge in [-0.25, -0.2) is 0 Å². The Kier molecular flexibility index (Phi) is 6.41. The van der Waals surface area contributed by atoms with Crippen LogP contribution in [0.3, 0.4) is 0 Å². The van der Waals surface area contributed by atoms with E-state index in [0.29, 0.717) is 6.42 Å². The van der Waals surface area contributed by atoms with Crippen LogP contribution < -0.4 is 11.1 Å². The first-order valence-corrected chi connectivity index (χ1v) is 5.27. The lowest BCUT2D eigenvalue weighted by atomic mass is 10.0. The number of amides is 2. The molecule has 0 aromatic heterocycles. The molecular weight excluding hydrogens is 208 g/mol. The Morgan fingerprint density at radius 1 is 1.50 bits per heavy atom. The van der Waals surface area contributed by atoms with Crippen LogP contribution in [-0.4, -0.2) is 29.1 Å². The Morgan fingerprint density at radius 3 is 2.44 bits per heavy atom. The first-order chi connectivity index (χ1) is 7.38. The minimum Gasteiger partial charge on any atom is -0.383 e. The third-order valence-electron chi connectivity index (χ3n) is 2.06. The van der Waals surface area contributed by atoms with Gasteiger partial charge in [0.05, 0.1) is 0 Å². The lowest BCUT2D eigenvalue weighted by Gasteiger charge is -2.17. The van der Waals surface area contributed by atoms with E-state index in [1.165, 1.54) is 6.08 Å². The van der Waals surface area contributed by atoms with Crippen molar-refractivity contribution in [1.29, 1.82) is 0 Å². The van der Waals surface area contributed by atoms with Gasteiger partial charge in [0, 0.05) is 0 Å². The monoisotopic (exact) mass is 228 g/mol. The maximum Gasteiger partial charge on any atom is 0.249 e. The molecule has 0 unspecified atom stereocenters. The van der Waals surface area contributed by atoms with Crippen molar-refractivity contribution in [3.63, 3.8) is 0 Å². The summed E-state index contributed by atoms with van der Waals surface area (Å²) in [5, 5.41) is 11.9. The van der Waals surface area contributed by atoms with Gasteiger partial charge in [0.25, 0.3) is 0 Å². The molecule has 0 aromatic rings. The summed E-state index contributed by atoms with van der Waals surface area (Å²) in [6, 6.07) is -0.799. The molecule has 0 heterocycles. The average molecular weight is 228 g/mol. The van der Waals surface area contributed by atoms with Crippen LogP contribution in [0.15, 0.2) is 12.7 Å². The zero-order valence-electron chi connectivity index (χ0n) is 9.77. The van der Waals surface area contributed by atoms with Crippen molar-refractivity contribution in [2.24, 2.45) is 11.7 Å². The molecule has 4 N–H and O–H groups in total. The SMILES string of the molecule is C=CC[C@@H](NC(=O)[C@H](O)CC(C)C)C(N)=O. The highest BCUT2D eigenvalue weighted by Gasteiger charge is 2.22. The molecule has 0 rings (SSSR count). The number of carbonyl (C=O) groups is 2. The zero-order valence-corrected chi connectivity index (χ0v) is 9.77. The van der Waals surface area contributed by atoms with Crippen molar-refractivity contribution in [1.82, 2.24) is 5.32 Å². The minimum atomic E-state index is -1.10. The Morgan fingerprint density at radius 2 is 2.06 bits per heavy atom. The third-order valence-corrected chi connectivity index (χ3v) is 2.06. The van der Waals surface area contributed by atoms with Crippen LogP contribution >= 0.6 is 0 Å². The first kappa shape index (κ1) is 14.6. The average Bonchev–Trinajstić information content (AvgIpc) is 2.15. The van der Waals surface area contributed by atoms with Gasteiger partial charge in [-0.1, -0.05) is 19.9 Å². The second kappa shape index (κ2) is 7.00. The number of aliphatic hydroxyl groups is 1. The predicted molar refractivity (Wildman–Crippen MR) is 61.4 cm³/mol. The molecule has 0 radical (unpaired) electrons. The molecule has 0 fully saturated rings. The van der Waals surface area contributed by atoms with Gasteiger partial charge >= 0.3 is 0 Å². The summed E-state index contributed by atoms with van der Waals surface area (Å²) in [6.07, 6.45) is 0.998. The number of nitrogens with two attached hydrogens (primary N) is 1. The van der Waals surface area contributed by atoms with Gasteiger partial charge in [0.1, 0.15) is 12.1 Å². The van der Waals surface area contributed by atoms with Gasteiger partial charge in [-0.3, -0.25) is 9.59 Å². The number of rotatable bonds is 7. The van der Waals surface area contributed by atoms with Gasteiger partial charge in [-0.2, -0.15) is 0 Å². The summed E-state index contributed by atoms with van der Waals surface area (Å²) in [4.78, 5) is 22.4. The molecule has 0 spiro atoms. The molecule has 0 aliphatic heterocycles. The largest absolute Gasteiger partial charge is 0.383 e. The van der Waals surface area contributed by atoms with Crippen LogP contribution in [0.4, 0.5) is 0 Å². The number of nitrogens with one attached hydrogen (secondary N) is 1. The number of carbonyl (C=O) groups excluding carboxylic acids is 2. The molecule has 16 heavy (non-hydrogen) atoms. The van der Waals surface area contributed by atoms with E-state index in [0.717, 1.165) is 0 Å². The molecule has 0 aromatic carbocycles. The lowest BCUT2D eigenvalue weighted by Crippen LogP contribution is -2.48. The molecule has 0 saturated carbocycles. The first-order valence-electron chi connectivity index (χ1n) is 5.27. The fourth-order valence-corrected chi connectivity index (χ4v) is 1.23. The van der Waals surface area contributed by atoms with Gasteiger partial charge < -0.3 is 16.2 Å². The summed E-state index contributed by atoms with van der Waals surface area (Å²) in [5.74, 6) is -1.00. The molecule has 0 saturated heterocycles. The van der Waals surface area contributed by atoms with Crippen LogP contribution in [0.25, 0.3) is 0 Å². The number of primary amides is 1. The highest BCUT2D eigenvalue weighted by atomic mass is 16.3.